The van der Waals surface area contributed by atoms with Gasteiger partial charge in [-0.1, -0.05) is 48.1 Å². The van der Waals surface area contributed by atoms with Crippen molar-refractivity contribution in [2.24, 2.45) is 0 Å². The van der Waals surface area contributed by atoms with Crippen molar-refractivity contribution in [2.75, 3.05) is 0 Å². The van der Waals surface area contributed by atoms with Crippen LogP contribution in [-0.2, 0) is 6.54 Å². The number of hydrogen-bond donors (Lipinski definition) is 2. The third kappa shape index (κ3) is 3.11. The Morgan fingerprint density at radius 1 is 1.17 bits per heavy atom. The monoisotopic (exact) mass is 241 g/mol. The van der Waals surface area contributed by atoms with Crippen LogP contribution in [0.2, 0.25) is 0 Å². The van der Waals surface area contributed by atoms with Crippen LogP contribution in [0.4, 0.5) is 0 Å². The first-order chi connectivity index (χ1) is 8.66. The molecule has 0 aromatic heterocycles. The molecule has 94 valence electrons. The summed E-state index contributed by atoms with van der Waals surface area (Å²) in [5.41, 5.74) is 4.31. The highest BCUT2D eigenvalue weighted by Gasteiger charge is 2.14. The first-order valence-corrected chi connectivity index (χ1v) is 6.19. The van der Waals surface area contributed by atoms with Gasteiger partial charge in [-0.05, 0) is 25.0 Å². The number of rotatable bonds is 3. The number of aliphatic hydroxyl groups excluding tert-OH is 1. The molecule has 0 radical (unpaired) electrons. The standard InChI is InChI=1S/C16H19NO/c1-12-8-13(2)16(18)15(9-12)11-17-10-14-6-4-3-5-7-14/h3-9,11,16-18H,10H2,1-2H3. The van der Waals surface area contributed by atoms with Gasteiger partial charge in [0.2, 0.25) is 0 Å². The second-order valence-corrected chi connectivity index (χ2v) is 4.69. The predicted octanol–water partition coefficient (Wildman–Crippen LogP) is 2.93. The first-order valence-electron chi connectivity index (χ1n) is 6.19. The lowest BCUT2D eigenvalue weighted by atomic mass is 9.94. The van der Waals surface area contributed by atoms with Crippen LogP contribution in [0.3, 0.4) is 0 Å². The summed E-state index contributed by atoms with van der Waals surface area (Å²) in [6.07, 6.45) is 5.43. The summed E-state index contributed by atoms with van der Waals surface area (Å²) < 4.78 is 0. The van der Waals surface area contributed by atoms with E-state index in [0.29, 0.717) is 0 Å². The van der Waals surface area contributed by atoms with E-state index in [9.17, 15) is 5.11 Å². The summed E-state index contributed by atoms with van der Waals surface area (Å²) in [4.78, 5) is 0. The van der Waals surface area contributed by atoms with Gasteiger partial charge in [-0.3, -0.25) is 0 Å². The van der Waals surface area contributed by atoms with Gasteiger partial charge in [0.25, 0.3) is 0 Å². The first kappa shape index (κ1) is 12.7. The number of benzene rings is 1. The normalized spacial score (nSPS) is 21.5. The summed E-state index contributed by atoms with van der Waals surface area (Å²) >= 11 is 0. The maximum atomic E-state index is 10.0. The summed E-state index contributed by atoms with van der Waals surface area (Å²) in [6.45, 7) is 4.76. The molecule has 1 aromatic rings. The van der Waals surface area contributed by atoms with Crippen molar-refractivity contribution < 1.29 is 5.11 Å². The molecule has 0 heterocycles. The second-order valence-electron chi connectivity index (χ2n) is 4.69. The van der Waals surface area contributed by atoms with Crippen LogP contribution >= 0.6 is 0 Å². The fraction of sp³-hybridized carbons (Fsp3) is 0.250. The Balaban J connectivity index is 2.00. The minimum Gasteiger partial charge on any atom is -0.387 e. The van der Waals surface area contributed by atoms with Crippen LogP contribution in [0.1, 0.15) is 19.4 Å². The molecule has 2 heteroatoms. The number of aliphatic hydroxyl groups is 1. The van der Waals surface area contributed by atoms with Gasteiger partial charge in [0.05, 0.1) is 0 Å². The predicted molar refractivity (Wildman–Crippen MR) is 74.9 cm³/mol. The summed E-state index contributed by atoms with van der Waals surface area (Å²) in [6, 6.07) is 10.2. The Morgan fingerprint density at radius 3 is 2.61 bits per heavy atom. The van der Waals surface area contributed by atoms with Crippen molar-refractivity contribution in [3.8, 4) is 0 Å². The summed E-state index contributed by atoms with van der Waals surface area (Å²) in [7, 11) is 0. The van der Waals surface area contributed by atoms with E-state index in [1.165, 1.54) is 11.1 Å². The zero-order valence-electron chi connectivity index (χ0n) is 10.9. The van der Waals surface area contributed by atoms with Gasteiger partial charge in [0.1, 0.15) is 6.10 Å². The molecule has 2 N–H and O–H groups in total. The fourth-order valence-corrected chi connectivity index (χ4v) is 2.09. The maximum Gasteiger partial charge on any atom is 0.101 e. The van der Waals surface area contributed by atoms with Gasteiger partial charge in [-0.15, -0.1) is 0 Å². The molecule has 1 aromatic carbocycles. The van der Waals surface area contributed by atoms with Gasteiger partial charge >= 0.3 is 0 Å². The number of nitrogens with one attached hydrogen (secondary N) is 1. The van der Waals surface area contributed by atoms with Crippen molar-refractivity contribution in [2.45, 2.75) is 26.5 Å². The molecule has 0 bridgehead atoms. The third-order valence-corrected chi connectivity index (χ3v) is 3.01. The van der Waals surface area contributed by atoms with Crippen LogP contribution in [0.5, 0.6) is 0 Å². The molecular weight excluding hydrogens is 222 g/mol. The Kier molecular flexibility index (Phi) is 4.00. The zero-order valence-corrected chi connectivity index (χ0v) is 10.9. The van der Waals surface area contributed by atoms with Crippen LogP contribution in [0.15, 0.2) is 65.4 Å². The smallest absolute Gasteiger partial charge is 0.101 e. The maximum absolute atomic E-state index is 10.0. The molecule has 0 spiro atoms. The molecule has 0 saturated heterocycles. The molecule has 1 unspecified atom stereocenters. The highest BCUT2D eigenvalue weighted by Crippen LogP contribution is 2.21. The van der Waals surface area contributed by atoms with E-state index in [1.807, 2.05) is 50.4 Å². The van der Waals surface area contributed by atoms with Gasteiger partial charge in [0.15, 0.2) is 0 Å². The lowest BCUT2D eigenvalue weighted by molar-refractivity contribution is 0.248. The molecule has 0 amide bonds. The molecule has 1 aliphatic carbocycles. The van der Waals surface area contributed by atoms with Crippen molar-refractivity contribution in [1.82, 2.24) is 5.32 Å². The highest BCUT2D eigenvalue weighted by molar-refractivity contribution is 5.42. The van der Waals surface area contributed by atoms with E-state index in [4.69, 9.17) is 0 Å². The van der Waals surface area contributed by atoms with Crippen molar-refractivity contribution in [1.29, 1.82) is 0 Å². The van der Waals surface area contributed by atoms with E-state index in [0.717, 1.165) is 17.7 Å². The molecule has 0 aliphatic heterocycles. The molecule has 0 fully saturated rings. The minimum atomic E-state index is -0.489. The number of allylic oxidation sites excluding steroid dienone is 2. The molecule has 18 heavy (non-hydrogen) atoms. The lowest BCUT2D eigenvalue weighted by Gasteiger charge is -2.18. The number of hydrogen-bond acceptors (Lipinski definition) is 2. The highest BCUT2D eigenvalue weighted by atomic mass is 16.3. The molecule has 2 rings (SSSR count). The minimum absolute atomic E-state index is 0.489. The van der Waals surface area contributed by atoms with E-state index in [-0.39, 0.29) is 0 Å². The molecule has 1 aliphatic rings. The molecule has 1 atom stereocenters. The average molecular weight is 241 g/mol. The average Bonchev–Trinajstić information content (AvgIpc) is 2.36. The van der Waals surface area contributed by atoms with E-state index >= 15 is 0 Å². The Morgan fingerprint density at radius 2 is 1.89 bits per heavy atom. The van der Waals surface area contributed by atoms with Gasteiger partial charge < -0.3 is 10.4 Å². The van der Waals surface area contributed by atoms with Crippen LogP contribution in [-0.4, -0.2) is 11.2 Å². The Hall–Kier alpha value is -1.80. The summed E-state index contributed by atoms with van der Waals surface area (Å²) in [5.74, 6) is 0. The van der Waals surface area contributed by atoms with Crippen molar-refractivity contribution in [3.63, 3.8) is 0 Å². The molecule has 0 saturated carbocycles. The largest absolute Gasteiger partial charge is 0.387 e. The fourth-order valence-electron chi connectivity index (χ4n) is 2.09. The van der Waals surface area contributed by atoms with Crippen molar-refractivity contribution >= 4 is 0 Å². The van der Waals surface area contributed by atoms with Crippen LogP contribution in [0, 0.1) is 0 Å². The third-order valence-electron chi connectivity index (χ3n) is 3.01. The van der Waals surface area contributed by atoms with Gasteiger partial charge in [-0.25, -0.2) is 0 Å². The summed E-state index contributed by atoms with van der Waals surface area (Å²) in [5, 5.41) is 13.3. The Labute approximate surface area is 108 Å². The van der Waals surface area contributed by atoms with Crippen LogP contribution in [0.25, 0.3) is 0 Å². The topological polar surface area (TPSA) is 32.3 Å². The van der Waals surface area contributed by atoms with Gasteiger partial charge in [0, 0.05) is 18.3 Å². The van der Waals surface area contributed by atoms with Crippen LogP contribution < -0.4 is 5.32 Å². The van der Waals surface area contributed by atoms with E-state index in [1.54, 1.807) is 0 Å². The second kappa shape index (κ2) is 5.69. The molecular formula is C16H19NO. The van der Waals surface area contributed by atoms with Crippen molar-refractivity contribution in [3.05, 3.63) is 71.0 Å². The zero-order chi connectivity index (χ0) is 13.0. The van der Waals surface area contributed by atoms with E-state index in [2.05, 4.69) is 17.4 Å². The SMILES string of the molecule is CC1=CC(=CNCc2ccccc2)C(O)C(C)=C1. The quantitative estimate of drug-likeness (QED) is 0.852. The lowest BCUT2D eigenvalue weighted by Crippen LogP contribution is -2.17. The Bertz CT molecular complexity index is 497. The molecule has 2 nitrogen and oxygen atoms in total. The van der Waals surface area contributed by atoms with Gasteiger partial charge in [-0.2, -0.15) is 0 Å². The van der Waals surface area contributed by atoms with E-state index < -0.39 is 6.10 Å².